The van der Waals surface area contributed by atoms with Crippen molar-refractivity contribution >= 4 is 11.6 Å². The molecule has 0 aliphatic rings. The van der Waals surface area contributed by atoms with Gasteiger partial charge in [-0.05, 0) is 42.8 Å². The summed E-state index contributed by atoms with van der Waals surface area (Å²) in [6.45, 7) is 2.87. The highest BCUT2D eigenvalue weighted by molar-refractivity contribution is 5.92. The molecule has 1 aromatic carbocycles. The number of rotatable bonds is 5. The minimum atomic E-state index is -0.541. The second kappa shape index (κ2) is 6.68. The summed E-state index contributed by atoms with van der Waals surface area (Å²) in [7, 11) is 0. The van der Waals surface area contributed by atoms with Crippen molar-refractivity contribution in [3.05, 3.63) is 66.6 Å². The minimum Gasteiger partial charge on any atom is -0.364 e. The number of primary amides is 1. The summed E-state index contributed by atoms with van der Waals surface area (Å²) in [5.74, 6) is -0.834. The predicted molar refractivity (Wildman–Crippen MR) is 101 cm³/mol. The summed E-state index contributed by atoms with van der Waals surface area (Å²) in [6.07, 6.45) is 6.01. The second-order valence-electron chi connectivity index (χ2n) is 6.30. The molecule has 4 rings (SSSR count). The first-order valence-corrected chi connectivity index (χ1v) is 8.67. The fourth-order valence-corrected chi connectivity index (χ4v) is 3.22. The molecule has 7 heteroatoms. The standard InChI is InChI=1S/C20H18FN5O/c1-2-9-25-12-24-18(13-3-6-15(21)7-4-13)19(25)14-5-8-17-23-10-16(20(22)27)26(17)11-14/h3-8,10-12H,2,9H2,1H3,(H2,22,27). The van der Waals surface area contributed by atoms with E-state index in [1.165, 1.54) is 18.3 Å². The van der Waals surface area contributed by atoms with E-state index in [4.69, 9.17) is 5.73 Å². The molecule has 0 unspecified atom stereocenters. The largest absolute Gasteiger partial charge is 0.364 e. The number of hydrogen-bond acceptors (Lipinski definition) is 3. The highest BCUT2D eigenvalue weighted by Crippen LogP contribution is 2.32. The summed E-state index contributed by atoms with van der Waals surface area (Å²) in [5.41, 5.74) is 9.75. The number of carbonyl (C=O) groups is 1. The Kier molecular flexibility index (Phi) is 4.19. The number of carbonyl (C=O) groups excluding carboxylic acids is 1. The highest BCUT2D eigenvalue weighted by atomic mass is 19.1. The van der Waals surface area contributed by atoms with E-state index in [-0.39, 0.29) is 5.82 Å². The average molecular weight is 363 g/mol. The van der Waals surface area contributed by atoms with Crippen LogP contribution in [-0.2, 0) is 6.54 Å². The number of amides is 1. The van der Waals surface area contributed by atoms with Crippen LogP contribution in [0.4, 0.5) is 4.39 Å². The summed E-state index contributed by atoms with van der Waals surface area (Å²) >= 11 is 0. The Balaban J connectivity index is 1.93. The number of fused-ring (bicyclic) bond motifs is 1. The molecule has 0 fully saturated rings. The Labute approximate surface area is 155 Å². The quantitative estimate of drug-likeness (QED) is 0.589. The Bertz CT molecular complexity index is 1130. The van der Waals surface area contributed by atoms with Crippen molar-refractivity contribution in [3.63, 3.8) is 0 Å². The van der Waals surface area contributed by atoms with E-state index in [1.54, 1.807) is 22.9 Å². The van der Waals surface area contributed by atoms with Gasteiger partial charge in [0.1, 0.15) is 17.2 Å². The first-order chi connectivity index (χ1) is 13.1. The van der Waals surface area contributed by atoms with Gasteiger partial charge >= 0.3 is 0 Å². The number of halogens is 1. The topological polar surface area (TPSA) is 78.2 Å². The van der Waals surface area contributed by atoms with Gasteiger partial charge < -0.3 is 10.3 Å². The molecule has 27 heavy (non-hydrogen) atoms. The van der Waals surface area contributed by atoms with Crippen molar-refractivity contribution in [2.45, 2.75) is 19.9 Å². The highest BCUT2D eigenvalue weighted by Gasteiger charge is 2.17. The maximum Gasteiger partial charge on any atom is 0.267 e. The third kappa shape index (κ3) is 2.97. The molecule has 3 heterocycles. The van der Waals surface area contributed by atoms with Gasteiger partial charge in [0.05, 0.1) is 23.9 Å². The van der Waals surface area contributed by atoms with Crippen molar-refractivity contribution < 1.29 is 9.18 Å². The molecule has 0 atom stereocenters. The van der Waals surface area contributed by atoms with Crippen LogP contribution in [0.2, 0.25) is 0 Å². The van der Waals surface area contributed by atoms with Crippen molar-refractivity contribution in [1.29, 1.82) is 0 Å². The van der Waals surface area contributed by atoms with Crippen LogP contribution in [0.1, 0.15) is 23.8 Å². The number of aromatic nitrogens is 4. The van der Waals surface area contributed by atoms with Gasteiger partial charge in [-0.25, -0.2) is 14.4 Å². The molecule has 0 spiro atoms. The van der Waals surface area contributed by atoms with Gasteiger partial charge in [0.15, 0.2) is 0 Å². The van der Waals surface area contributed by atoms with Gasteiger partial charge in [0.25, 0.3) is 5.91 Å². The molecule has 0 saturated heterocycles. The number of nitrogens with zero attached hydrogens (tertiary/aromatic N) is 4. The monoisotopic (exact) mass is 363 g/mol. The summed E-state index contributed by atoms with van der Waals surface area (Å²) in [6, 6.07) is 10.0. The van der Waals surface area contributed by atoms with Crippen LogP contribution in [-0.4, -0.2) is 24.8 Å². The van der Waals surface area contributed by atoms with Gasteiger partial charge in [0.2, 0.25) is 0 Å². The van der Waals surface area contributed by atoms with Gasteiger partial charge in [-0.3, -0.25) is 9.20 Å². The molecule has 0 saturated carbocycles. The third-order valence-electron chi connectivity index (χ3n) is 4.45. The smallest absolute Gasteiger partial charge is 0.267 e. The van der Waals surface area contributed by atoms with Gasteiger partial charge in [-0.1, -0.05) is 6.92 Å². The van der Waals surface area contributed by atoms with Crippen molar-refractivity contribution in [2.75, 3.05) is 0 Å². The van der Waals surface area contributed by atoms with Crippen LogP contribution >= 0.6 is 0 Å². The van der Waals surface area contributed by atoms with Crippen LogP contribution in [0, 0.1) is 5.82 Å². The fraction of sp³-hybridized carbons (Fsp3) is 0.150. The molecule has 0 aliphatic carbocycles. The molecule has 1 amide bonds. The Morgan fingerprint density at radius 1 is 1.11 bits per heavy atom. The lowest BCUT2D eigenvalue weighted by Crippen LogP contribution is -2.13. The van der Waals surface area contributed by atoms with Crippen LogP contribution in [0.15, 0.2) is 55.1 Å². The molecule has 4 aromatic rings. The lowest BCUT2D eigenvalue weighted by atomic mass is 10.1. The molecule has 3 aromatic heterocycles. The first kappa shape index (κ1) is 17.0. The SMILES string of the molecule is CCCn1cnc(-c2ccc(F)cc2)c1-c1ccc2ncc(C(N)=O)n2c1. The van der Waals surface area contributed by atoms with E-state index < -0.39 is 5.91 Å². The lowest BCUT2D eigenvalue weighted by molar-refractivity contribution is 0.0995. The Hall–Kier alpha value is -3.48. The molecule has 136 valence electrons. The fourth-order valence-electron chi connectivity index (χ4n) is 3.22. The zero-order valence-electron chi connectivity index (χ0n) is 14.8. The molecule has 0 aliphatic heterocycles. The maximum absolute atomic E-state index is 13.3. The number of pyridine rings is 1. The Morgan fingerprint density at radius 3 is 2.56 bits per heavy atom. The van der Waals surface area contributed by atoms with E-state index >= 15 is 0 Å². The summed E-state index contributed by atoms with van der Waals surface area (Å²) in [5, 5.41) is 0. The maximum atomic E-state index is 13.3. The van der Waals surface area contributed by atoms with E-state index in [0.717, 1.165) is 35.5 Å². The van der Waals surface area contributed by atoms with E-state index in [1.807, 2.05) is 18.3 Å². The molecule has 0 radical (unpaired) electrons. The molecule has 6 nitrogen and oxygen atoms in total. The van der Waals surface area contributed by atoms with Crippen LogP contribution in [0.3, 0.4) is 0 Å². The minimum absolute atomic E-state index is 0.292. The summed E-state index contributed by atoms with van der Waals surface area (Å²) in [4.78, 5) is 20.4. The van der Waals surface area contributed by atoms with E-state index in [0.29, 0.717) is 11.3 Å². The van der Waals surface area contributed by atoms with Crippen LogP contribution < -0.4 is 5.73 Å². The number of aryl methyl sites for hydroxylation is 1. The lowest BCUT2D eigenvalue weighted by Gasteiger charge is -2.11. The van der Waals surface area contributed by atoms with E-state index in [2.05, 4.69) is 21.5 Å². The average Bonchev–Trinajstić information content (AvgIpc) is 3.26. The zero-order chi connectivity index (χ0) is 19.0. The summed E-state index contributed by atoms with van der Waals surface area (Å²) < 4.78 is 17.1. The van der Waals surface area contributed by atoms with Crippen LogP contribution in [0.5, 0.6) is 0 Å². The van der Waals surface area contributed by atoms with Crippen molar-refractivity contribution in [2.24, 2.45) is 5.73 Å². The molecule has 2 N–H and O–H groups in total. The van der Waals surface area contributed by atoms with Gasteiger partial charge in [-0.2, -0.15) is 0 Å². The van der Waals surface area contributed by atoms with Crippen molar-refractivity contribution in [1.82, 2.24) is 18.9 Å². The Morgan fingerprint density at radius 2 is 1.85 bits per heavy atom. The first-order valence-electron chi connectivity index (χ1n) is 8.67. The van der Waals surface area contributed by atoms with Gasteiger partial charge in [0, 0.05) is 23.9 Å². The van der Waals surface area contributed by atoms with E-state index in [9.17, 15) is 9.18 Å². The zero-order valence-corrected chi connectivity index (χ0v) is 14.8. The third-order valence-corrected chi connectivity index (χ3v) is 4.45. The van der Waals surface area contributed by atoms with Gasteiger partial charge in [-0.15, -0.1) is 0 Å². The number of imidazole rings is 2. The molecule has 0 bridgehead atoms. The normalized spacial score (nSPS) is 11.2. The number of benzene rings is 1. The second-order valence-corrected chi connectivity index (χ2v) is 6.30. The van der Waals surface area contributed by atoms with Crippen LogP contribution in [0.25, 0.3) is 28.2 Å². The molecular formula is C20H18FN5O. The number of nitrogens with two attached hydrogens (primary N) is 1. The predicted octanol–water partition coefficient (Wildman–Crippen LogP) is 3.51. The molecular weight excluding hydrogens is 345 g/mol. The number of hydrogen-bond donors (Lipinski definition) is 1. The van der Waals surface area contributed by atoms with Crippen molar-refractivity contribution in [3.8, 4) is 22.5 Å².